The third-order valence-corrected chi connectivity index (χ3v) is 9.06. The molecule has 1 aliphatic rings. The maximum atomic E-state index is 10.1. The van der Waals surface area contributed by atoms with Crippen molar-refractivity contribution in [1.82, 2.24) is 5.32 Å². The summed E-state index contributed by atoms with van der Waals surface area (Å²) in [6.45, 7) is 10.1. The van der Waals surface area contributed by atoms with Gasteiger partial charge in [0.2, 0.25) is 0 Å². The summed E-state index contributed by atoms with van der Waals surface area (Å²) in [7, 11) is 1.89. The molecule has 1 aromatic carbocycles. The van der Waals surface area contributed by atoms with Crippen molar-refractivity contribution in [1.29, 1.82) is 0 Å². The van der Waals surface area contributed by atoms with Crippen molar-refractivity contribution in [2.75, 3.05) is 41.1 Å². The minimum absolute atomic E-state index is 0.273. The normalized spacial score (nSPS) is 18.8. The largest absolute Gasteiger partial charge is 0.500 e. The van der Waals surface area contributed by atoms with Crippen molar-refractivity contribution >= 4 is 21.4 Å². The van der Waals surface area contributed by atoms with Crippen molar-refractivity contribution in [2.24, 2.45) is 0 Å². The fourth-order valence-corrected chi connectivity index (χ4v) is 5.07. The van der Waals surface area contributed by atoms with Gasteiger partial charge in [0.1, 0.15) is 0 Å². The Morgan fingerprint density at radius 1 is 1.00 bits per heavy atom. The van der Waals surface area contributed by atoms with Crippen LogP contribution in [0.15, 0.2) is 24.3 Å². The monoisotopic (exact) mass is 469 g/mol. The second-order valence-electron chi connectivity index (χ2n) is 9.09. The van der Waals surface area contributed by atoms with Gasteiger partial charge in [-0.05, 0) is 45.1 Å². The predicted molar refractivity (Wildman–Crippen MR) is 127 cm³/mol. The van der Waals surface area contributed by atoms with Crippen LogP contribution in [0.5, 0.6) is 0 Å². The van der Waals surface area contributed by atoms with Gasteiger partial charge in [0.15, 0.2) is 0 Å². The number of nitrogens with one attached hydrogen (secondary N) is 1. The highest BCUT2D eigenvalue weighted by Gasteiger charge is 2.51. The van der Waals surface area contributed by atoms with Crippen molar-refractivity contribution in [3.63, 3.8) is 0 Å². The number of rotatable bonds is 14. The van der Waals surface area contributed by atoms with E-state index >= 15 is 0 Å². The van der Waals surface area contributed by atoms with Crippen molar-refractivity contribution in [3.05, 3.63) is 29.8 Å². The molecular weight excluding hydrogens is 429 g/mol. The quantitative estimate of drug-likeness (QED) is 0.315. The fourth-order valence-electron chi connectivity index (χ4n) is 3.38. The lowest BCUT2D eigenvalue weighted by atomic mass is 9.79. The van der Waals surface area contributed by atoms with E-state index in [-0.39, 0.29) is 24.9 Å². The maximum absolute atomic E-state index is 10.1. The van der Waals surface area contributed by atoms with Crippen LogP contribution in [-0.2, 0) is 33.9 Å². The molecule has 0 saturated carbocycles. The molecule has 2 N–H and O–H groups in total. The van der Waals surface area contributed by atoms with Crippen LogP contribution < -0.4 is 10.8 Å². The fraction of sp³-hybridized carbons (Fsp3) is 0.727. The summed E-state index contributed by atoms with van der Waals surface area (Å²) >= 11 is 0. The smallest absolute Gasteiger partial charge is 0.399 e. The van der Waals surface area contributed by atoms with E-state index in [9.17, 15) is 5.11 Å². The highest BCUT2D eigenvalue weighted by Crippen LogP contribution is 2.36. The first-order valence-electron chi connectivity index (χ1n) is 11.1. The van der Waals surface area contributed by atoms with E-state index in [1.807, 2.05) is 52.0 Å². The summed E-state index contributed by atoms with van der Waals surface area (Å²) in [6.07, 6.45) is 0.171. The van der Waals surface area contributed by atoms with Crippen LogP contribution in [0.4, 0.5) is 0 Å². The molecule has 8 nitrogen and oxygen atoms in total. The third kappa shape index (κ3) is 7.34. The molecule has 0 aliphatic carbocycles. The van der Waals surface area contributed by atoms with E-state index in [1.165, 1.54) is 0 Å². The van der Waals surface area contributed by atoms with E-state index in [2.05, 4.69) is 5.32 Å². The van der Waals surface area contributed by atoms with Gasteiger partial charge in [-0.25, -0.2) is 0 Å². The Kier molecular flexibility index (Phi) is 10.3. The highest BCUT2D eigenvalue weighted by molar-refractivity contribution is 6.62. The first kappa shape index (κ1) is 27.4. The summed E-state index contributed by atoms with van der Waals surface area (Å²) in [6, 6.07) is 8.83. The van der Waals surface area contributed by atoms with Crippen LogP contribution in [0.25, 0.3) is 0 Å². The zero-order valence-corrected chi connectivity index (χ0v) is 21.6. The number of aliphatic hydroxyl groups is 1. The molecule has 1 aliphatic heterocycles. The topological polar surface area (TPSA) is 87.6 Å². The minimum atomic E-state index is -2.55. The molecule has 1 heterocycles. The number of aliphatic hydroxyl groups excluding tert-OH is 1. The molecule has 1 saturated heterocycles. The van der Waals surface area contributed by atoms with Gasteiger partial charge in [-0.1, -0.05) is 24.3 Å². The molecule has 2 rings (SSSR count). The second-order valence-corrected chi connectivity index (χ2v) is 12.2. The van der Waals surface area contributed by atoms with Crippen LogP contribution >= 0.6 is 0 Å². The first-order valence-corrected chi connectivity index (χ1v) is 13.1. The van der Waals surface area contributed by atoms with Crippen molar-refractivity contribution in [3.8, 4) is 0 Å². The Balaban J connectivity index is 1.64. The molecule has 1 atom stereocenters. The number of hydrogen-bond acceptors (Lipinski definition) is 8. The molecule has 10 heteroatoms. The molecule has 0 aromatic heterocycles. The molecule has 1 fully saturated rings. The SMILES string of the molecule is CO[Si](CCCOCC(O)CNCc1ccc(B2OC(C)(C)C(C)(C)O2)cc1)(OC)OC. The van der Waals surface area contributed by atoms with Crippen LogP contribution in [0.1, 0.15) is 39.7 Å². The van der Waals surface area contributed by atoms with Crippen LogP contribution in [0, 0.1) is 0 Å². The van der Waals surface area contributed by atoms with E-state index in [1.54, 1.807) is 21.3 Å². The number of ether oxygens (including phenoxy) is 1. The van der Waals surface area contributed by atoms with Gasteiger partial charge in [-0.15, -0.1) is 0 Å². The zero-order valence-electron chi connectivity index (χ0n) is 20.6. The summed E-state index contributed by atoms with van der Waals surface area (Å²) in [4.78, 5) is 0. The van der Waals surface area contributed by atoms with Crippen LogP contribution in [-0.4, -0.2) is 79.4 Å². The summed E-state index contributed by atoms with van der Waals surface area (Å²) in [5, 5.41) is 13.4. The van der Waals surface area contributed by atoms with E-state index in [0.29, 0.717) is 25.7 Å². The maximum Gasteiger partial charge on any atom is 0.500 e. The minimum Gasteiger partial charge on any atom is -0.399 e. The molecule has 182 valence electrons. The Morgan fingerprint density at radius 2 is 1.56 bits per heavy atom. The van der Waals surface area contributed by atoms with Gasteiger partial charge in [-0.2, -0.15) is 0 Å². The third-order valence-electron chi connectivity index (χ3n) is 6.23. The van der Waals surface area contributed by atoms with Gasteiger partial charge in [-0.3, -0.25) is 0 Å². The lowest BCUT2D eigenvalue weighted by Gasteiger charge is -2.32. The second kappa shape index (κ2) is 12.1. The molecule has 1 unspecified atom stereocenters. The lowest BCUT2D eigenvalue weighted by Crippen LogP contribution is -2.42. The average molecular weight is 469 g/mol. The summed E-state index contributed by atoms with van der Waals surface area (Å²) in [5.74, 6) is 0. The van der Waals surface area contributed by atoms with Gasteiger partial charge in [0, 0.05) is 47.1 Å². The van der Waals surface area contributed by atoms with Gasteiger partial charge >= 0.3 is 15.9 Å². The summed E-state index contributed by atoms with van der Waals surface area (Å²) < 4.78 is 33.9. The Labute approximate surface area is 194 Å². The first-order chi connectivity index (χ1) is 15.1. The Hall–Kier alpha value is -0.818. The lowest BCUT2D eigenvalue weighted by molar-refractivity contribution is 0.00578. The molecule has 0 bridgehead atoms. The molecule has 0 radical (unpaired) electrons. The molecule has 0 spiro atoms. The molecule has 32 heavy (non-hydrogen) atoms. The number of benzene rings is 1. The van der Waals surface area contributed by atoms with E-state index in [0.717, 1.165) is 17.4 Å². The summed E-state index contributed by atoms with van der Waals surface area (Å²) in [5.41, 5.74) is 1.43. The van der Waals surface area contributed by atoms with Crippen molar-refractivity contribution < 1.29 is 32.4 Å². The zero-order chi connectivity index (χ0) is 23.8. The van der Waals surface area contributed by atoms with Crippen LogP contribution in [0.2, 0.25) is 6.04 Å². The standard InChI is InChI=1S/C22H40BNO7Si/c1-21(2)22(3,4)31-23(30-21)19-11-9-18(10-12-19)15-24-16-20(25)17-29-13-8-14-32(26-5,27-6)28-7/h9-12,20,24-25H,8,13-17H2,1-7H3. The number of hydrogen-bond donors (Lipinski definition) is 2. The van der Waals surface area contributed by atoms with Gasteiger partial charge in [0.25, 0.3) is 0 Å². The van der Waals surface area contributed by atoms with E-state index in [4.69, 9.17) is 27.3 Å². The average Bonchev–Trinajstić information content (AvgIpc) is 2.98. The molecular formula is C22H40BNO7Si. The van der Waals surface area contributed by atoms with Gasteiger partial charge in [0.05, 0.1) is 23.9 Å². The Morgan fingerprint density at radius 3 is 2.09 bits per heavy atom. The molecule has 0 amide bonds. The van der Waals surface area contributed by atoms with Gasteiger partial charge < -0.3 is 37.7 Å². The van der Waals surface area contributed by atoms with Crippen molar-refractivity contribution in [2.45, 2.75) is 64.0 Å². The van der Waals surface area contributed by atoms with E-state index < -0.39 is 14.9 Å². The Bertz CT molecular complexity index is 661. The highest BCUT2D eigenvalue weighted by atomic mass is 28.4. The van der Waals surface area contributed by atoms with Crippen LogP contribution in [0.3, 0.4) is 0 Å². The predicted octanol–water partition coefficient (Wildman–Crippen LogP) is 1.72. The molecule has 1 aromatic rings.